The Balaban J connectivity index is 2.39. The summed E-state index contributed by atoms with van der Waals surface area (Å²) < 4.78 is 6.19. The zero-order chi connectivity index (χ0) is 21.4. The molecule has 29 heavy (non-hydrogen) atoms. The summed E-state index contributed by atoms with van der Waals surface area (Å²) in [5.74, 6) is 0.211. The molecule has 0 fully saturated rings. The summed E-state index contributed by atoms with van der Waals surface area (Å²) in [4.78, 5) is 33.9. The minimum atomic E-state index is -0.710. The van der Waals surface area contributed by atoms with Crippen molar-refractivity contribution in [2.24, 2.45) is 4.99 Å². The summed E-state index contributed by atoms with van der Waals surface area (Å²) in [5, 5.41) is 10.8. The van der Waals surface area contributed by atoms with E-state index in [1.165, 1.54) is 0 Å². The minimum Gasteiger partial charge on any atom is -0.497 e. The molecule has 0 saturated heterocycles. The van der Waals surface area contributed by atoms with Gasteiger partial charge in [-0.2, -0.15) is 0 Å². The van der Waals surface area contributed by atoms with Gasteiger partial charge in [-0.05, 0) is 56.7 Å². The number of methoxy groups -OCH3 is 1. The predicted molar refractivity (Wildman–Crippen MR) is 115 cm³/mol. The van der Waals surface area contributed by atoms with Gasteiger partial charge in [0.2, 0.25) is 5.88 Å². The molecule has 2 rings (SSSR count). The molecule has 0 aliphatic heterocycles. The zero-order valence-corrected chi connectivity index (χ0v) is 17.6. The van der Waals surface area contributed by atoms with Crippen molar-refractivity contribution in [3.63, 3.8) is 0 Å². The van der Waals surface area contributed by atoms with Crippen molar-refractivity contribution in [2.75, 3.05) is 33.3 Å². The van der Waals surface area contributed by atoms with E-state index in [0.717, 1.165) is 30.6 Å². The number of aliphatic imine (C=N–C) groups is 1. The van der Waals surface area contributed by atoms with E-state index in [1.807, 2.05) is 6.92 Å². The lowest BCUT2D eigenvalue weighted by Gasteiger charge is -2.17. The van der Waals surface area contributed by atoms with Crippen LogP contribution in [0, 0.1) is 0 Å². The Bertz CT molecular complexity index is 941. The third-order valence-electron chi connectivity index (χ3n) is 4.87. The van der Waals surface area contributed by atoms with Gasteiger partial charge < -0.3 is 14.7 Å². The van der Waals surface area contributed by atoms with E-state index in [1.54, 1.807) is 31.4 Å². The van der Waals surface area contributed by atoms with Gasteiger partial charge in [0.25, 0.3) is 5.56 Å². The summed E-state index contributed by atoms with van der Waals surface area (Å²) in [6.45, 7) is 9.52. The van der Waals surface area contributed by atoms with Gasteiger partial charge in [-0.25, -0.2) is 9.36 Å². The molecule has 0 aliphatic rings. The number of aromatic nitrogens is 2. The van der Waals surface area contributed by atoms with Crippen LogP contribution in [0.25, 0.3) is 5.69 Å². The molecule has 158 valence electrons. The molecular formula is C21H30N4O4. The highest BCUT2D eigenvalue weighted by molar-refractivity contribution is 6.02. The number of H-pyrrole nitrogens is 1. The Hall–Kier alpha value is -2.87. The fourth-order valence-corrected chi connectivity index (χ4v) is 3.17. The first-order chi connectivity index (χ1) is 14.0. The van der Waals surface area contributed by atoms with Crippen LogP contribution in [0.15, 0.2) is 38.8 Å². The minimum absolute atomic E-state index is 0.0331. The van der Waals surface area contributed by atoms with Crippen molar-refractivity contribution in [3.05, 3.63) is 50.7 Å². The second kappa shape index (κ2) is 10.6. The number of ether oxygens (including phenoxy) is 1. The quantitative estimate of drug-likeness (QED) is 0.469. The molecule has 0 amide bonds. The molecule has 0 unspecified atom stereocenters. The molecule has 0 saturated carbocycles. The van der Waals surface area contributed by atoms with Gasteiger partial charge in [0.05, 0.1) is 18.5 Å². The van der Waals surface area contributed by atoms with Crippen LogP contribution in [0.1, 0.15) is 39.2 Å². The lowest BCUT2D eigenvalue weighted by Crippen LogP contribution is -2.33. The second-order valence-electron chi connectivity index (χ2n) is 6.55. The Kier molecular flexibility index (Phi) is 8.21. The van der Waals surface area contributed by atoms with Gasteiger partial charge in [0.15, 0.2) is 0 Å². The second-order valence-corrected chi connectivity index (χ2v) is 6.55. The van der Waals surface area contributed by atoms with Crippen LogP contribution in [0.5, 0.6) is 11.6 Å². The van der Waals surface area contributed by atoms with Gasteiger partial charge in [-0.3, -0.25) is 14.8 Å². The first-order valence-electron chi connectivity index (χ1n) is 9.95. The number of nitrogens with one attached hydrogen (secondary N) is 1. The van der Waals surface area contributed by atoms with Crippen molar-refractivity contribution >= 4 is 5.71 Å². The maximum absolute atomic E-state index is 12.4. The average molecular weight is 402 g/mol. The molecule has 8 nitrogen and oxygen atoms in total. The van der Waals surface area contributed by atoms with E-state index in [-0.39, 0.29) is 5.56 Å². The first kappa shape index (κ1) is 22.4. The zero-order valence-electron chi connectivity index (χ0n) is 17.6. The van der Waals surface area contributed by atoms with Crippen LogP contribution in [-0.4, -0.2) is 58.6 Å². The fourth-order valence-electron chi connectivity index (χ4n) is 3.17. The third-order valence-corrected chi connectivity index (χ3v) is 4.87. The third kappa shape index (κ3) is 5.35. The van der Waals surface area contributed by atoms with E-state index < -0.39 is 17.1 Å². The van der Waals surface area contributed by atoms with Crippen LogP contribution in [-0.2, 0) is 0 Å². The Morgan fingerprint density at radius 1 is 1.17 bits per heavy atom. The van der Waals surface area contributed by atoms with E-state index in [0.29, 0.717) is 30.1 Å². The summed E-state index contributed by atoms with van der Waals surface area (Å²) in [5.41, 5.74) is -0.417. The number of aromatic amines is 1. The molecule has 0 aliphatic carbocycles. The van der Waals surface area contributed by atoms with Gasteiger partial charge in [0, 0.05) is 6.54 Å². The molecule has 1 heterocycles. The number of benzene rings is 1. The lowest BCUT2D eigenvalue weighted by molar-refractivity contribution is 0.302. The summed E-state index contributed by atoms with van der Waals surface area (Å²) in [6.07, 6.45) is 1.31. The van der Waals surface area contributed by atoms with Gasteiger partial charge in [0.1, 0.15) is 11.3 Å². The van der Waals surface area contributed by atoms with Crippen molar-refractivity contribution < 1.29 is 9.84 Å². The maximum Gasteiger partial charge on any atom is 0.335 e. The van der Waals surface area contributed by atoms with Gasteiger partial charge in [-0.15, -0.1) is 0 Å². The molecule has 0 bridgehead atoms. The SMILES string of the molecule is CCC(=NCCCN(CC)CC)c1c(O)n(-c2ccc(OC)cc2)c(=O)[nH]c1=O. The van der Waals surface area contributed by atoms with Crippen LogP contribution in [0.3, 0.4) is 0 Å². The largest absolute Gasteiger partial charge is 0.497 e. The van der Waals surface area contributed by atoms with E-state index in [4.69, 9.17) is 4.74 Å². The summed E-state index contributed by atoms with van der Waals surface area (Å²) in [6, 6.07) is 6.62. The molecule has 1 aromatic heterocycles. The number of aromatic hydroxyl groups is 1. The number of nitrogens with zero attached hydrogens (tertiary/aromatic N) is 3. The number of hydrogen-bond acceptors (Lipinski definition) is 6. The standard InChI is InChI=1S/C21H30N4O4/c1-5-17(22-13-8-14-24(6-2)7-3)18-19(26)23-21(28)25(20(18)27)15-9-11-16(29-4)12-10-15/h9-12,27H,5-8,13-14H2,1-4H3,(H,23,26,28). The molecule has 0 spiro atoms. The van der Waals surface area contributed by atoms with E-state index in [2.05, 4.69) is 28.7 Å². The Morgan fingerprint density at radius 2 is 1.83 bits per heavy atom. The van der Waals surface area contributed by atoms with E-state index >= 15 is 0 Å². The highest BCUT2D eigenvalue weighted by atomic mass is 16.5. The van der Waals surface area contributed by atoms with Crippen LogP contribution in [0.4, 0.5) is 0 Å². The maximum atomic E-state index is 12.4. The normalized spacial score (nSPS) is 11.8. The molecular weight excluding hydrogens is 372 g/mol. The predicted octanol–water partition coefficient (Wildman–Crippen LogP) is 2.17. The van der Waals surface area contributed by atoms with Crippen LogP contribution >= 0.6 is 0 Å². The molecule has 2 aromatic rings. The topological polar surface area (TPSA) is 99.9 Å². The highest BCUT2D eigenvalue weighted by Gasteiger charge is 2.19. The van der Waals surface area contributed by atoms with E-state index in [9.17, 15) is 14.7 Å². The fraction of sp³-hybridized carbons (Fsp3) is 0.476. The Labute approximate surface area is 170 Å². The Morgan fingerprint density at radius 3 is 2.38 bits per heavy atom. The number of rotatable bonds is 10. The smallest absolute Gasteiger partial charge is 0.335 e. The van der Waals surface area contributed by atoms with Crippen molar-refractivity contribution in [2.45, 2.75) is 33.6 Å². The van der Waals surface area contributed by atoms with Gasteiger partial charge in [-0.1, -0.05) is 20.8 Å². The molecule has 2 N–H and O–H groups in total. The van der Waals surface area contributed by atoms with Crippen molar-refractivity contribution in [1.29, 1.82) is 0 Å². The van der Waals surface area contributed by atoms with Crippen molar-refractivity contribution in [1.82, 2.24) is 14.5 Å². The highest BCUT2D eigenvalue weighted by Crippen LogP contribution is 2.20. The van der Waals surface area contributed by atoms with Crippen LogP contribution < -0.4 is 16.0 Å². The van der Waals surface area contributed by atoms with Crippen molar-refractivity contribution in [3.8, 4) is 17.3 Å². The summed E-state index contributed by atoms with van der Waals surface area (Å²) in [7, 11) is 1.54. The molecule has 1 aromatic carbocycles. The molecule has 8 heteroatoms. The average Bonchev–Trinajstić information content (AvgIpc) is 2.72. The summed E-state index contributed by atoms with van der Waals surface area (Å²) >= 11 is 0. The number of hydrogen-bond donors (Lipinski definition) is 2. The van der Waals surface area contributed by atoms with Gasteiger partial charge >= 0.3 is 5.69 Å². The molecule has 0 atom stereocenters. The molecule has 0 radical (unpaired) electrons. The first-order valence-corrected chi connectivity index (χ1v) is 9.95. The van der Waals surface area contributed by atoms with Crippen LogP contribution in [0.2, 0.25) is 0 Å². The monoisotopic (exact) mass is 402 g/mol. The lowest BCUT2D eigenvalue weighted by atomic mass is 10.1.